The molecule has 0 saturated heterocycles. The zero-order chi connectivity index (χ0) is 15.3. The van der Waals surface area contributed by atoms with Gasteiger partial charge < -0.3 is 10.4 Å². The number of carbonyl (C=O) groups is 2. The third-order valence-corrected chi connectivity index (χ3v) is 3.65. The Hall–Kier alpha value is -1.91. The van der Waals surface area contributed by atoms with Crippen molar-refractivity contribution in [2.75, 3.05) is 0 Å². The van der Waals surface area contributed by atoms with Crippen LogP contribution in [0.1, 0.15) is 49.0 Å². The smallest absolute Gasteiger partial charge is 0.305 e. The van der Waals surface area contributed by atoms with Gasteiger partial charge in [0.05, 0.1) is 12.0 Å². The van der Waals surface area contributed by atoms with Crippen LogP contribution < -0.4 is 5.32 Å². The summed E-state index contributed by atoms with van der Waals surface area (Å²) in [5, 5.41) is 11.8. The highest BCUT2D eigenvalue weighted by molar-refractivity contribution is 5.96. The van der Waals surface area contributed by atoms with E-state index in [0.717, 1.165) is 0 Å². The molecule has 0 saturated carbocycles. The second-order valence-electron chi connectivity index (χ2n) is 4.97. The molecule has 4 nitrogen and oxygen atoms in total. The maximum atomic E-state index is 13.0. The summed E-state index contributed by atoms with van der Waals surface area (Å²) in [6, 6.07) is 3.92. The summed E-state index contributed by atoms with van der Waals surface area (Å²) in [4.78, 5) is 23.2. The number of benzene rings is 1. The molecule has 0 radical (unpaired) electrons. The van der Waals surface area contributed by atoms with Gasteiger partial charge in [-0.1, -0.05) is 13.8 Å². The minimum atomic E-state index is -0.954. The molecule has 0 aromatic heterocycles. The van der Waals surface area contributed by atoms with Crippen LogP contribution in [0.5, 0.6) is 0 Å². The van der Waals surface area contributed by atoms with Crippen molar-refractivity contribution >= 4 is 11.9 Å². The first-order valence-corrected chi connectivity index (χ1v) is 6.64. The first-order chi connectivity index (χ1) is 9.33. The lowest BCUT2D eigenvalue weighted by molar-refractivity contribution is -0.138. The molecule has 0 aliphatic heterocycles. The molecule has 0 unspecified atom stereocenters. The first kappa shape index (κ1) is 16.1. The fourth-order valence-corrected chi connectivity index (χ4v) is 2.20. The molecule has 1 aromatic carbocycles. The van der Waals surface area contributed by atoms with Crippen LogP contribution >= 0.6 is 0 Å². The molecule has 5 heteroatoms. The third-order valence-electron chi connectivity index (χ3n) is 3.65. The molecular weight excluding hydrogens is 261 g/mol. The van der Waals surface area contributed by atoms with Crippen molar-refractivity contribution in [2.24, 2.45) is 0 Å². The highest BCUT2D eigenvalue weighted by atomic mass is 19.1. The van der Waals surface area contributed by atoms with Crippen molar-refractivity contribution in [1.82, 2.24) is 5.32 Å². The van der Waals surface area contributed by atoms with Gasteiger partial charge in [-0.2, -0.15) is 0 Å². The van der Waals surface area contributed by atoms with E-state index in [2.05, 4.69) is 5.32 Å². The molecule has 0 aliphatic carbocycles. The lowest BCUT2D eigenvalue weighted by Crippen LogP contribution is -2.49. The summed E-state index contributed by atoms with van der Waals surface area (Å²) < 4.78 is 13.0. The predicted octanol–water partition coefficient (Wildman–Crippen LogP) is 2.90. The molecule has 1 aromatic rings. The predicted molar refractivity (Wildman–Crippen MR) is 74.2 cm³/mol. The van der Waals surface area contributed by atoms with Gasteiger partial charge in [-0.3, -0.25) is 9.59 Å². The molecule has 0 heterocycles. The largest absolute Gasteiger partial charge is 0.481 e. The van der Waals surface area contributed by atoms with Crippen molar-refractivity contribution in [2.45, 2.75) is 45.6 Å². The molecule has 20 heavy (non-hydrogen) atoms. The Balaban J connectivity index is 2.99. The average molecular weight is 281 g/mol. The van der Waals surface area contributed by atoms with Gasteiger partial charge in [0.2, 0.25) is 0 Å². The van der Waals surface area contributed by atoms with E-state index in [1.807, 2.05) is 13.8 Å². The Morgan fingerprint density at radius 3 is 2.35 bits per heavy atom. The number of aliphatic carboxylic acids is 1. The molecule has 1 rings (SSSR count). The SMILES string of the molecule is CCC(CC)(CC(=O)O)NC(=O)c1ccc(F)cc1C. The first-order valence-electron chi connectivity index (χ1n) is 6.64. The Bertz CT molecular complexity index is 510. The van der Waals surface area contributed by atoms with Crippen molar-refractivity contribution in [3.8, 4) is 0 Å². The van der Waals surface area contributed by atoms with Gasteiger partial charge in [-0.05, 0) is 43.5 Å². The van der Waals surface area contributed by atoms with Crippen LogP contribution in [-0.2, 0) is 4.79 Å². The Morgan fingerprint density at radius 2 is 1.90 bits per heavy atom. The van der Waals surface area contributed by atoms with E-state index in [0.29, 0.717) is 24.0 Å². The van der Waals surface area contributed by atoms with Gasteiger partial charge in [-0.25, -0.2) is 4.39 Å². The van der Waals surface area contributed by atoms with Gasteiger partial charge in [0, 0.05) is 5.56 Å². The fourth-order valence-electron chi connectivity index (χ4n) is 2.20. The van der Waals surface area contributed by atoms with Crippen LogP contribution in [0, 0.1) is 12.7 Å². The number of hydrogen-bond acceptors (Lipinski definition) is 2. The summed E-state index contributed by atoms with van der Waals surface area (Å²) in [6.07, 6.45) is 0.898. The van der Waals surface area contributed by atoms with Crippen LogP contribution in [0.4, 0.5) is 4.39 Å². The fraction of sp³-hybridized carbons (Fsp3) is 0.467. The van der Waals surface area contributed by atoms with Gasteiger partial charge in [0.15, 0.2) is 0 Å². The summed E-state index contributed by atoms with van der Waals surface area (Å²) in [5.41, 5.74) is 0.117. The van der Waals surface area contributed by atoms with Gasteiger partial charge in [0.1, 0.15) is 5.82 Å². The van der Waals surface area contributed by atoms with Crippen LogP contribution in [0.25, 0.3) is 0 Å². The number of aryl methyl sites for hydroxylation is 1. The van der Waals surface area contributed by atoms with E-state index in [4.69, 9.17) is 5.11 Å². The highest BCUT2D eigenvalue weighted by Gasteiger charge is 2.31. The molecule has 0 aliphatic rings. The van der Waals surface area contributed by atoms with Gasteiger partial charge >= 0.3 is 5.97 Å². The number of carbonyl (C=O) groups excluding carboxylic acids is 1. The summed E-state index contributed by atoms with van der Waals surface area (Å²) in [7, 11) is 0. The minimum absolute atomic E-state index is 0.133. The lowest BCUT2D eigenvalue weighted by atomic mass is 9.88. The van der Waals surface area contributed by atoms with Crippen molar-refractivity contribution in [3.63, 3.8) is 0 Å². The second kappa shape index (κ2) is 6.50. The van der Waals surface area contributed by atoms with Crippen molar-refractivity contribution in [1.29, 1.82) is 0 Å². The standard InChI is InChI=1S/C15H20FNO3/c1-4-15(5-2,9-13(18)19)17-14(20)12-7-6-11(16)8-10(12)3/h6-8H,4-5,9H2,1-3H3,(H,17,20)(H,18,19). The number of hydrogen-bond donors (Lipinski definition) is 2. The topological polar surface area (TPSA) is 66.4 Å². The summed E-state index contributed by atoms with van der Waals surface area (Å²) in [5.74, 6) is -1.72. The molecule has 0 atom stereocenters. The molecule has 2 N–H and O–H groups in total. The minimum Gasteiger partial charge on any atom is -0.481 e. The monoisotopic (exact) mass is 281 g/mol. The van der Waals surface area contributed by atoms with Crippen LogP contribution in [0.2, 0.25) is 0 Å². The second-order valence-corrected chi connectivity index (χ2v) is 4.97. The number of amides is 1. The summed E-state index contributed by atoms with van der Waals surface area (Å²) in [6.45, 7) is 5.32. The molecule has 0 fully saturated rings. The molecule has 0 spiro atoms. The van der Waals surface area contributed by atoms with Crippen molar-refractivity contribution < 1.29 is 19.1 Å². The maximum Gasteiger partial charge on any atom is 0.305 e. The Morgan fingerprint density at radius 1 is 1.30 bits per heavy atom. The van der Waals surface area contributed by atoms with Crippen LogP contribution in [-0.4, -0.2) is 22.5 Å². The van der Waals surface area contributed by atoms with Crippen molar-refractivity contribution in [3.05, 3.63) is 35.1 Å². The number of carboxylic acids is 1. The Kier molecular flexibility index (Phi) is 5.25. The van der Waals surface area contributed by atoms with Gasteiger partial charge in [0.25, 0.3) is 5.91 Å². The van der Waals surface area contributed by atoms with E-state index in [1.165, 1.54) is 18.2 Å². The number of carboxylic acid groups (broad SMARTS) is 1. The van der Waals surface area contributed by atoms with E-state index in [-0.39, 0.29) is 12.3 Å². The van der Waals surface area contributed by atoms with Crippen LogP contribution in [0.15, 0.2) is 18.2 Å². The van der Waals surface area contributed by atoms with Gasteiger partial charge in [-0.15, -0.1) is 0 Å². The van der Waals surface area contributed by atoms with E-state index < -0.39 is 17.3 Å². The highest BCUT2D eigenvalue weighted by Crippen LogP contribution is 2.21. The van der Waals surface area contributed by atoms with E-state index >= 15 is 0 Å². The third kappa shape index (κ3) is 3.79. The van der Waals surface area contributed by atoms with Crippen LogP contribution in [0.3, 0.4) is 0 Å². The molecular formula is C15H20FNO3. The molecule has 0 bridgehead atoms. The number of rotatable bonds is 6. The molecule has 110 valence electrons. The average Bonchev–Trinajstić information content (AvgIpc) is 2.37. The zero-order valence-corrected chi connectivity index (χ0v) is 12.0. The number of halogens is 1. The molecule has 1 amide bonds. The lowest BCUT2D eigenvalue weighted by Gasteiger charge is -2.31. The quantitative estimate of drug-likeness (QED) is 0.842. The Labute approximate surface area is 118 Å². The number of nitrogens with one attached hydrogen (secondary N) is 1. The van der Waals surface area contributed by atoms with E-state index in [1.54, 1.807) is 6.92 Å². The summed E-state index contributed by atoms with van der Waals surface area (Å²) >= 11 is 0. The normalized spacial score (nSPS) is 11.2. The zero-order valence-electron chi connectivity index (χ0n) is 12.0. The van der Waals surface area contributed by atoms with E-state index in [9.17, 15) is 14.0 Å². The maximum absolute atomic E-state index is 13.0.